The predicted molar refractivity (Wildman–Crippen MR) is 108 cm³/mol. The van der Waals surface area contributed by atoms with Gasteiger partial charge in [-0.15, -0.1) is 12.4 Å². The summed E-state index contributed by atoms with van der Waals surface area (Å²) in [4.78, 5) is 15.1. The van der Waals surface area contributed by atoms with Crippen LogP contribution in [0.15, 0.2) is 23.1 Å². The number of amides is 1. The second-order valence-corrected chi connectivity index (χ2v) is 9.42. The zero-order valence-corrected chi connectivity index (χ0v) is 17.7. The molecule has 0 bridgehead atoms. The lowest BCUT2D eigenvalue weighted by molar-refractivity contribution is -0.137. The maximum Gasteiger partial charge on any atom is 0.243 e. The Labute approximate surface area is 168 Å². The molecule has 27 heavy (non-hydrogen) atoms. The molecule has 2 N–H and O–H groups in total. The molecule has 1 atom stereocenters. The second kappa shape index (κ2) is 8.90. The second-order valence-electron chi connectivity index (χ2n) is 7.51. The third kappa shape index (κ3) is 4.47. The molecule has 2 fully saturated rings. The van der Waals surface area contributed by atoms with Crippen LogP contribution in [0.25, 0.3) is 0 Å². The van der Waals surface area contributed by atoms with E-state index in [-0.39, 0.29) is 30.3 Å². The number of nitrogens with two attached hydrogens (primary N) is 1. The van der Waals surface area contributed by atoms with Crippen LogP contribution in [0.5, 0.6) is 0 Å². The molecule has 0 aliphatic carbocycles. The molecule has 8 heteroatoms. The van der Waals surface area contributed by atoms with Gasteiger partial charge in [0, 0.05) is 38.1 Å². The molecular formula is C19H30ClN3O3S. The summed E-state index contributed by atoms with van der Waals surface area (Å²) in [6.07, 6.45) is 3.14. The highest BCUT2D eigenvalue weighted by Crippen LogP contribution is 2.29. The van der Waals surface area contributed by atoms with Crippen molar-refractivity contribution in [2.45, 2.75) is 50.5 Å². The number of aryl methyl sites for hydroxylation is 2. The standard InChI is InChI=1S/C19H29N3O3S.ClH/c1-14-5-6-18(15(2)12-14)26(24,25)21-10-7-16(8-11-21)19(23)22-9-3-4-17(22)13-20;/h5-6,12,16-17H,3-4,7-11,13,20H2,1-2H3;1H. The number of carbonyl (C=O) groups excluding carboxylic acids is 1. The van der Waals surface area contributed by atoms with Crippen molar-refractivity contribution in [3.8, 4) is 0 Å². The number of sulfonamides is 1. The maximum atomic E-state index is 13.0. The minimum absolute atomic E-state index is 0. The van der Waals surface area contributed by atoms with E-state index >= 15 is 0 Å². The Morgan fingerprint density at radius 2 is 1.81 bits per heavy atom. The van der Waals surface area contributed by atoms with Gasteiger partial charge >= 0.3 is 0 Å². The summed E-state index contributed by atoms with van der Waals surface area (Å²) < 4.78 is 27.5. The number of piperidine rings is 1. The largest absolute Gasteiger partial charge is 0.338 e. The summed E-state index contributed by atoms with van der Waals surface area (Å²) in [7, 11) is -3.50. The van der Waals surface area contributed by atoms with Gasteiger partial charge in [-0.25, -0.2) is 8.42 Å². The van der Waals surface area contributed by atoms with Crippen molar-refractivity contribution in [2.75, 3.05) is 26.2 Å². The van der Waals surface area contributed by atoms with E-state index in [2.05, 4.69) is 0 Å². The zero-order chi connectivity index (χ0) is 18.9. The van der Waals surface area contributed by atoms with Crippen LogP contribution in [0.1, 0.15) is 36.8 Å². The minimum Gasteiger partial charge on any atom is -0.338 e. The van der Waals surface area contributed by atoms with Crippen molar-refractivity contribution in [2.24, 2.45) is 11.7 Å². The molecule has 2 aliphatic heterocycles. The van der Waals surface area contributed by atoms with Crippen LogP contribution >= 0.6 is 12.4 Å². The van der Waals surface area contributed by atoms with Crippen molar-refractivity contribution in [1.29, 1.82) is 0 Å². The van der Waals surface area contributed by atoms with Crippen molar-refractivity contribution in [3.63, 3.8) is 0 Å². The van der Waals surface area contributed by atoms with Gasteiger partial charge in [0.2, 0.25) is 15.9 Å². The van der Waals surface area contributed by atoms with E-state index in [1.54, 1.807) is 6.07 Å². The van der Waals surface area contributed by atoms with Crippen LogP contribution in [0.4, 0.5) is 0 Å². The van der Waals surface area contributed by atoms with Crippen LogP contribution in [0.3, 0.4) is 0 Å². The van der Waals surface area contributed by atoms with Crippen molar-refractivity contribution < 1.29 is 13.2 Å². The van der Waals surface area contributed by atoms with Gasteiger partial charge in [-0.3, -0.25) is 4.79 Å². The molecule has 2 heterocycles. The number of nitrogens with zero attached hydrogens (tertiary/aromatic N) is 2. The molecular weight excluding hydrogens is 386 g/mol. The summed E-state index contributed by atoms with van der Waals surface area (Å²) in [5, 5.41) is 0. The van der Waals surface area contributed by atoms with E-state index in [0.29, 0.717) is 37.4 Å². The van der Waals surface area contributed by atoms with E-state index in [9.17, 15) is 13.2 Å². The summed E-state index contributed by atoms with van der Waals surface area (Å²) in [6, 6.07) is 5.56. The smallest absolute Gasteiger partial charge is 0.243 e. The number of likely N-dealkylation sites (tertiary alicyclic amines) is 1. The van der Waals surface area contributed by atoms with Crippen LogP contribution in [0.2, 0.25) is 0 Å². The fraction of sp³-hybridized carbons (Fsp3) is 0.632. The summed E-state index contributed by atoms with van der Waals surface area (Å²) in [5.74, 6) is 0.0641. The monoisotopic (exact) mass is 415 g/mol. The highest BCUT2D eigenvalue weighted by Gasteiger charge is 2.37. The molecule has 0 spiro atoms. The Balaban J connectivity index is 0.00000261. The van der Waals surface area contributed by atoms with Crippen LogP contribution in [0, 0.1) is 19.8 Å². The number of rotatable bonds is 4. The molecule has 0 saturated carbocycles. The van der Waals surface area contributed by atoms with Crippen molar-refractivity contribution in [1.82, 2.24) is 9.21 Å². The van der Waals surface area contributed by atoms with E-state index in [1.165, 1.54) is 4.31 Å². The SMILES string of the molecule is Cc1ccc(S(=O)(=O)N2CCC(C(=O)N3CCCC3CN)CC2)c(C)c1.Cl. The molecule has 1 amide bonds. The molecule has 6 nitrogen and oxygen atoms in total. The van der Waals surface area contributed by atoms with Crippen LogP contribution in [-0.2, 0) is 14.8 Å². The van der Waals surface area contributed by atoms with E-state index < -0.39 is 10.0 Å². The van der Waals surface area contributed by atoms with Gasteiger partial charge in [0.05, 0.1) is 4.90 Å². The van der Waals surface area contributed by atoms with Gasteiger partial charge < -0.3 is 10.6 Å². The molecule has 1 aromatic carbocycles. The third-order valence-electron chi connectivity index (χ3n) is 5.68. The fourth-order valence-corrected chi connectivity index (χ4v) is 5.85. The number of halogens is 1. The Bertz CT molecular complexity index is 776. The molecule has 1 aromatic rings. The number of hydrogen-bond donors (Lipinski definition) is 1. The first-order valence-electron chi connectivity index (χ1n) is 9.42. The van der Waals surface area contributed by atoms with Gasteiger partial charge in [0.15, 0.2) is 0 Å². The van der Waals surface area contributed by atoms with E-state index in [4.69, 9.17) is 5.73 Å². The van der Waals surface area contributed by atoms with E-state index in [0.717, 1.165) is 30.5 Å². The van der Waals surface area contributed by atoms with E-state index in [1.807, 2.05) is 30.9 Å². The average Bonchev–Trinajstić information content (AvgIpc) is 3.09. The Kier molecular flexibility index (Phi) is 7.30. The summed E-state index contributed by atoms with van der Waals surface area (Å²) in [6.45, 7) is 5.86. The molecule has 2 saturated heterocycles. The third-order valence-corrected chi connectivity index (χ3v) is 7.74. The predicted octanol–water partition coefficient (Wildman–Crippen LogP) is 2.08. The van der Waals surface area contributed by atoms with Gasteiger partial charge in [0.25, 0.3) is 0 Å². The number of hydrogen-bond acceptors (Lipinski definition) is 4. The topological polar surface area (TPSA) is 83.7 Å². The highest BCUT2D eigenvalue weighted by molar-refractivity contribution is 7.89. The highest BCUT2D eigenvalue weighted by atomic mass is 35.5. The minimum atomic E-state index is -3.50. The van der Waals surface area contributed by atoms with Crippen LogP contribution < -0.4 is 5.73 Å². The van der Waals surface area contributed by atoms with Gasteiger partial charge in [0.1, 0.15) is 0 Å². The van der Waals surface area contributed by atoms with Crippen molar-refractivity contribution >= 4 is 28.3 Å². The van der Waals surface area contributed by atoms with Crippen molar-refractivity contribution in [3.05, 3.63) is 29.3 Å². The molecule has 1 unspecified atom stereocenters. The lowest BCUT2D eigenvalue weighted by Crippen LogP contribution is -2.47. The summed E-state index contributed by atoms with van der Waals surface area (Å²) in [5.41, 5.74) is 7.59. The Hall–Kier alpha value is -1.15. The zero-order valence-electron chi connectivity index (χ0n) is 16.1. The Morgan fingerprint density at radius 1 is 1.15 bits per heavy atom. The number of carbonyl (C=O) groups is 1. The lowest BCUT2D eigenvalue weighted by atomic mass is 9.96. The Morgan fingerprint density at radius 3 is 2.41 bits per heavy atom. The molecule has 0 radical (unpaired) electrons. The maximum absolute atomic E-state index is 13.0. The quantitative estimate of drug-likeness (QED) is 0.815. The van der Waals surface area contributed by atoms with Gasteiger partial charge in [-0.2, -0.15) is 4.31 Å². The molecule has 0 aromatic heterocycles. The lowest BCUT2D eigenvalue weighted by Gasteiger charge is -2.34. The first-order chi connectivity index (χ1) is 12.3. The first-order valence-corrected chi connectivity index (χ1v) is 10.9. The van der Waals surface area contributed by atoms with Gasteiger partial charge in [-0.05, 0) is 51.2 Å². The van der Waals surface area contributed by atoms with Crippen LogP contribution in [-0.4, -0.2) is 55.8 Å². The molecule has 3 rings (SSSR count). The molecule has 152 valence electrons. The fourth-order valence-electron chi connectivity index (χ4n) is 4.18. The number of benzene rings is 1. The molecule has 2 aliphatic rings. The normalized spacial score (nSPS) is 21.9. The average molecular weight is 416 g/mol. The first kappa shape index (κ1) is 22.1. The summed E-state index contributed by atoms with van der Waals surface area (Å²) >= 11 is 0. The van der Waals surface area contributed by atoms with Gasteiger partial charge in [-0.1, -0.05) is 17.7 Å².